The van der Waals surface area contributed by atoms with E-state index >= 15 is 0 Å². The molecular formula is C34H44N4O8. The molecule has 0 unspecified atom stereocenters. The van der Waals surface area contributed by atoms with Crippen LogP contribution in [0, 0.1) is 47.9 Å². The second-order valence-corrected chi connectivity index (χ2v) is 9.86. The highest BCUT2D eigenvalue weighted by molar-refractivity contribution is 5.48. The number of anilines is 2. The number of nitrogen functional groups attached to an aromatic ring is 2. The summed E-state index contributed by atoms with van der Waals surface area (Å²) in [5, 5.41) is 21.4. The molecule has 0 radical (unpaired) electrons. The van der Waals surface area contributed by atoms with Crippen molar-refractivity contribution in [2.75, 3.05) is 37.9 Å². The molecule has 0 bridgehead atoms. The van der Waals surface area contributed by atoms with Gasteiger partial charge in [0, 0.05) is 35.6 Å². The fourth-order valence-corrected chi connectivity index (χ4v) is 4.09. The molecule has 4 N–H and O–H groups in total. The van der Waals surface area contributed by atoms with Crippen LogP contribution in [0.1, 0.15) is 37.1 Å². The molecule has 0 amide bonds. The fourth-order valence-electron chi connectivity index (χ4n) is 4.09. The van der Waals surface area contributed by atoms with Crippen LogP contribution in [0.4, 0.5) is 22.7 Å². The topological polar surface area (TPSA) is 175 Å². The van der Waals surface area contributed by atoms with Gasteiger partial charge in [-0.3, -0.25) is 20.2 Å². The number of benzene rings is 4. The number of aryl methyl sites for hydroxylation is 4. The first-order valence-corrected chi connectivity index (χ1v) is 13.7. The zero-order chi connectivity index (χ0) is 32.2. The molecule has 0 heterocycles. The van der Waals surface area contributed by atoms with Crippen molar-refractivity contribution in [1.29, 1.82) is 0 Å². The molecule has 12 heteroatoms. The summed E-state index contributed by atoms with van der Waals surface area (Å²) in [6, 6.07) is 19.9. The second-order valence-electron chi connectivity index (χ2n) is 9.86. The highest BCUT2D eigenvalue weighted by atomic mass is 16.6. The monoisotopic (exact) mass is 636 g/mol. The zero-order valence-electron chi connectivity index (χ0n) is 25.1. The van der Waals surface area contributed by atoms with Crippen molar-refractivity contribution in [2.45, 2.75) is 42.5 Å². The maximum atomic E-state index is 10.7. The molecule has 0 fully saturated rings. The molecule has 4 aromatic rings. The van der Waals surface area contributed by atoms with Crippen molar-refractivity contribution in [2.24, 2.45) is 0 Å². The first kappa shape index (κ1) is 38.5. The van der Waals surface area contributed by atoms with Gasteiger partial charge in [-0.05, 0) is 98.5 Å². The van der Waals surface area contributed by atoms with E-state index < -0.39 is 9.85 Å². The summed E-state index contributed by atoms with van der Waals surface area (Å²) >= 11 is 0. The quantitative estimate of drug-likeness (QED) is 0.0676. The molecule has 12 nitrogen and oxygen atoms in total. The van der Waals surface area contributed by atoms with Gasteiger partial charge in [0.25, 0.3) is 11.4 Å². The summed E-state index contributed by atoms with van der Waals surface area (Å²) in [6.45, 7) is 8.84. The standard InChI is InChI=1S/C16H16N2O6.C16H20N2O2.2CH4/c1-11-9-13(17(19)20)3-5-15(11)23-7-8-24-16-6-4-14(18(21)22)10-12(16)2;1-11-9-13(17)3-5-15(11)19-7-8-20-16-6-4-14(18)10-12(16)2;;/h3-6,9-10H,7-8H2,1-2H3;3-6,9-10H,7-8,17-18H2,1-2H3;2*1H4. The molecule has 0 saturated carbocycles. The Bertz CT molecular complexity index is 1490. The molecule has 0 spiro atoms. The minimum absolute atomic E-state index is 0. The van der Waals surface area contributed by atoms with Crippen molar-refractivity contribution in [1.82, 2.24) is 0 Å². The van der Waals surface area contributed by atoms with E-state index in [1.165, 1.54) is 24.3 Å². The molecule has 248 valence electrons. The summed E-state index contributed by atoms with van der Waals surface area (Å²) in [7, 11) is 0. The number of rotatable bonds is 12. The number of hydrogen-bond acceptors (Lipinski definition) is 10. The second kappa shape index (κ2) is 18.3. The van der Waals surface area contributed by atoms with E-state index in [-0.39, 0.29) is 39.4 Å². The van der Waals surface area contributed by atoms with Crippen LogP contribution < -0.4 is 30.4 Å². The third-order valence-corrected chi connectivity index (χ3v) is 6.33. The van der Waals surface area contributed by atoms with Crippen molar-refractivity contribution in [3.05, 3.63) is 115 Å². The van der Waals surface area contributed by atoms with Gasteiger partial charge in [-0.25, -0.2) is 0 Å². The van der Waals surface area contributed by atoms with E-state index in [0.717, 1.165) is 34.0 Å². The number of nitro benzene ring substituents is 2. The van der Waals surface area contributed by atoms with Gasteiger partial charge in [0.05, 0.1) is 9.85 Å². The number of nitrogens with zero attached hydrogens (tertiary/aromatic N) is 2. The first-order chi connectivity index (χ1) is 20.9. The highest BCUT2D eigenvalue weighted by Gasteiger charge is 2.11. The Morgan fingerprint density at radius 1 is 0.500 bits per heavy atom. The lowest BCUT2D eigenvalue weighted by Gasteiger charge is -2.12. The van der Waals surface area contributed by atoms with Crippen LogP contribution in [-0.2, 0) is 0 Å². The summed E-state index contributed by atoms with van der Waals surface area (Å²) in [5.41, 5.74) is 16.3. The van der Waals surface area contributed by atoms with E-state index in [1.54, 1.807) is 26.0 Å². The average molecular weight is 637 g/mol. The van der Waals surface area contributed by atoms with Crippen LogP contribution in [0.15, 0.2) is 72.8 Å². The molecule has 0 aromatic heterocycles. The van der Waals surface area contributed by atoms with Gasteiger partial charge in [-0.15, -0.1) is 0 Å². The SMILES string of the molecule is C.C.Cc1cc(N)ccc1OCCOc1ccc(N)cc1C.Cc1cc([N+](=O)[O-])ccc1OCCOc1ccc([N+](=O)[O-])cc1C. The lowest BCUT2D eigenvalue weighted by Crippen LogP contribution is -2.10. The van der Waals surface area contributed by atoms with Crippen molar-refractivity contribution in [3.8, 4) is 23.0 Å². The minimum Gasteiger partial charge on any atom is -0.490 e. The molecule has 0 aliphatic carbocycles. The lowest BCUT2D eigenvalue weighted by molar-refractivity contribution is -0.385. The molecule has 0 atom stereocenters. The van der Waals surface area contributed by atoms with Crippen LogP contribution in [0.25, 0.3) is 0 Å². The Balaban J connectivity index is 0.000000447. The predicted octanol–water partition coefficient (Wildman–Crippen LogP) is 7.78. The molecule has 4 rings (SSSR count). The number of hydrogen-bond donors (Lipinski definition) is 2. The Morgan fingerprint density at radius 3 is 1.00 bits per heavy atom. The predicted molar refractivity (Wildman–Crippen MR) is 182 cm³/mol. The van der Waals surface area contributed by atoms with E-state index in [2.05, 4.69) is 0 Å². The van der Waals surface area contributed by atoms with E-state index in [4.69, 9.17) is 30.4 Å². The van der Waals surface area contributed by atoms with Crippen LogP contribution in [0.5, 0.6) is 23.0 Å². The van der Waals surface area contributed by atoms with E-state index in [1.807, 2.05) is 50.2 Å². The molecule has 46 heavy (non-hydrogen) atoms. The Hall–Kier alpha value is -5.52. The van der Waals surface area contributed by atoms with E-state index in [9.17, 15) is 20.2 Å². The summed E-state index contributed by atoms with van der Waals surface area (Å²) < 4.78 is 22.4. The number of nitro groups is 2. The van der Waals surface area contributed by atoms with Gasteiger partial charge in [0.15, 0.2) is 0 Å². The van der Waals surface area contributed by atoms with Gasteiger partial charge in [-0.2, -0.15) is 0 Å². The molecule has 0 saturated heterocycles. The fraction of sp³-hybridized carbons (Fsp3) is 0.294. The molecule has 0 aliphatic heterocycles. The van der Waals surface area contributed by atoms with Crippen LogP contribution in [-0.4, -0.2) is 36.3 Å². The largest absolute Gasteiger partial charge is 0.490 e. The number of non-ortho nitro benzene ring substituents is 2. The van der Waals surface area contributed by atoms with Gasteiger partial charge in [-0.1, -0.05) is 14.9 Å². The van der Waals surface area contributed by atoms with Crippen LogP contribution in [0.2, 0.25) is 0 Å². The maximum absolute atomic E-state index is 10.7. The third kappa shape index (κ3) is 11.5. The van der Waals surface area contributed by atoms with Gasteiger partial charge in [0.1, 0.15) is 49.4 Å². The molecular weight excluding hydrogens is 592 g/mol. The van der Waals surface area contributed by atoms with Crippen molar-refractivity contribution in [3.63, 3.8) is 0 Å². The van der Waals surface area contributed by atoms with Crippen molar-refractivity contribution >= 4 is 22.7 Å². The molecule has 4 aromatic carbocycles. The van der Waals surface area contributed by atoms with Crippen molar-refractivity contribution < 1.29 is 28.8 Å². The number of ether oxygens (including phenoxy) is 4. The lowest BCUT2D eigenvalue weighted by atomic mass is 10.2. The first-order valence-electron chi connectivity index (χ1n) is 13.7. The van der Waals surface area contributed by atoms with Gasteiger partial charge >= 0.3 is 0 Å². The summed E-state index contributed by atoms with van der Waals surface area (Å²) in [5.74, 6) is 2.75. The summed E-state index contributed by atoms with van der Waals surface area (Å²) in [4.78, 5) is 20.4. The van der Waals surface area contributed by atoms with Crippen LogP contribution >= 0.6 is 0 Å². The number of nitrogens with two attached hydrogens (primary N) is 2. The normalized spacial score (nSPS) is 9.83. The van der Waals surface area contributed by atoms with Gasteiger partial charge < -0.3 is 30.4 Å². The van der Waals surface area contributed by atoms with Gasteiger partial charge in [0.2, 0.25) is 0 Å². The smallest absolute Gasteiger partial charge is 0.269 e. The maximum Gasteiger partial charge on any atom is 0.269 e. The van der Waals surface area contributed by atoms with Crippen LogP contribution in [0.3, 0.4) is 0 Å². The zero-order valence-corrected chi connectivity index (χ0v) is 25.1. The Morgan fingerprint density at radius 2 is 0.761 bits per heavy atom. The Kier molecular flexibility index (Phi) is 15.3. The molecule has 0 aliphatic rings. The summed E-state index contributed by atoms with van der Waals surface area (Å²) in [6.07, 6.45) is 0. The highest BCUT2D eigenvalue weighted by Crippen LogP contribution is 2.25. The van der Waals surface area contributed by atoms with E-state index in [0.29, 0.717) is 35.8 Å². The third-order valence-electron chi connectivity index (χ3n) is 6.33. The Labute approximate surface area is 270 Å². The average Bonchev–Trinajstić information content (AvgIpc) is 2.96. The minimum atomic E-state index is -0.461.